The van der Waals surface area contributed by atoms with Gasteiger partial charge in [0, 0.05) is 11.1 Å². The quantitative estimate of drug-likeness (QED) is 0.358. The number of rotatable bonds is 7. The second-order valence-electron chi connectivity index (χ2n) is 9.46. The van der Waals surface area contributed by atoms with Crippen molar-refractivity contribution in [2.45, 2.75) is 66.2 Å². The molecule has 0 saturated heterocycles. The second kappa shape index (κ2) is 9.34. The summed E-state index contributed by atoms with van der Waals surface area (Å²) < 4.78 is 30.2. The molecular formula is C29H34F2. The van der Waals surface area contributed by atoms with E-state index in [-0.39, 0.29) is 5.41 Å². The van der Waals surface area contributed by atoms with Gasteiger partial charge in [-0.3, -0.25) is 0 Å². The van der Waals surface area contributed by atoms with E-state index in [2.05, 4.69) is 41.5 Å². The molecule has 164 valence electrons. The van der Waals surface area contributed by atoms with E-state index in [1.165, 1.54) is 16.7 Å². The summed E-state index contributed by atoms with van der Waals surface area (Å²) in [6, 6.07) is 17.1. The van der Waals surface area contributed by atoms with Crippen LogP contribution in [0.3, 0.4) is 0 Å². The molecule has 0 radical (unpaired) electrons. The Hall–Kier alpha value is -2.48. The number of hydrogen-bond donors (Lipinski definition) is 0. The average molecular weight is 421 g/mol. The Bertz CT molecular complexity index is 1050. The summed E-state index contributed by atoms with van der Waals surface area (Å²) in [5.41, 5.74) is 5.69. The fourth-order valence-corrected chi connectivity index (χ4v) is 3.88. The number of halogens is 2. The van der Waals surface area contributed by atoms with E-state index in [4.69, 9.17) is 0 Å². The summed E-state index contributed by atoms with van der Waals surface area (Å²) >= 11 is 0. The zero-order valence-electron chi connectivity index (χ0n) is 19.7. The molecule has 0 N–H and O–H groups in total. The SMILES string of the molecule is CCC(C)Cc1cc(-c2ccc(-c3ccc(C(C)(C)CC)cc3)c(F)c2F)ccc1C. The molecule has 0 aliphatic heterocycles. The minimum absolute atomic E-state index is 0.0601. The van der Waals surface area contributed by atoms with E-state index in [0.717, 1.165) is 24.8 Å². The van der Waals surface area contributed by atoms with Gasteiger partial charge in [-0.25, -0.2) is 8.78 Å². The third-order valence-electron chi connectivity index (χ3n) is 6.87. The van der Waals surface area contributed by atoms with Crippen molar-refractivity contribution in [1.29, 1.82) is 0 Å². The van der Waals surface area contributed by atoms with Crippen molar-refractivity contribution < 1.29 is 8.78 Å². The molecule has 1 atom stereocenters. The topological polar surface area (TPSA) is 0 Å². The molecule has 0 nitrogen and oxygen atoms in total. The van der Waals surface area contributed by atoms with E-state index in [9.17, 15) is 0 Å². The smallest absolute Gasteiger partial charge is 0.167 e. The summed E-state index contributed by atoms with van der Waals surface area (Å²) in [6.07, 6.45) is 3.05. The van der Waals surface area contributed by atoms with E-state index in [1.54, 1.807) is 12.1 Å². The van der Waals surface area contributed by atoms with Crippen LogP contribution < -0.4 is 0 Å². The van der Waals surface area contributed by atoms with Crippen molar-refractivity contribution in [3.05, 3.63) is 82.9 Å². The van der Waals surface area contributed by atoms with Crippen molar-refractivity contribution in [1.82, 2.24) is 0 Å². The van der Waals surface area contributed by atoms with Gasteiger partial charge in [-0.2, -0.15) is 0 Å². The Morgan fingerprint density at radius 3 is 1.90 bits per heavy atom. The highest BCUT2D eigenvalue weighted by molar-refractivity contribution is 5.72. The number of benzene rings is 3. The molecule has 0 fully saturated rings. The summed E-state index contributed by atoms with van der Waals surface area (Å²) in [5.74, 6) is -1.02. The van der Waals surface area contributed by atoms with Crippen molar-refractivity contribution in [3.63, 3.8) is 0 Å². The molecule has 0 spiro atoms. The highest BCUT2D eigenvalue weighted by atomic mass is 19.2. The first-order valence-corrected chi connectivity index (χ1v) is 11.4. The molecular weight excluding hydrogens is 386 g/mol. The van der Waals surface area contributed by atoms with Gasteiger partial charge in [0.2, 0.25) is 0 Å². The van der Waals surface area contributed by atoms with Gasteiger partial charge in [0.15, 0.2) is 11.6 Å². The van der Waals surface area contributed by atoms with Gasteiger partial charge in [-0.15, -0.1) is 0 Å². The summed E-state index contributed by atoms with van der Waals surface area (Å²) in [7, 11) is 0. The standard InChI is InChI=1S/C29H34F2/c1-7-19(3)17-23-18-22(10-9-20(23)4)26-16-15-25(27(30)28(26)31)21-11-13-24(14-12-21)29(5,6)8-2/h9-16,18-19H,7-8,17H2,1-6H3. The molecule has 31 heavy (non-hydrogen) atoms. The molecule has 3 rings (SSSR count). The van der Waals surface area contributed by atoms with Crippen LogP contribution in [0.1, 0.15) is 64.2 Å². The van der Waals surface area contributed by atoms with Crippen molar-refractivity contribution in [3.8, 4) is 22.3 Å². The van der Waals surface area contributed by atoms with Crippen molar-refractivity contribution in [2.75, 3.05) is 0 Å². The normalized spacial score (nSPS) is 12.8. The molecule has 0 saturated carbocycles. The largest absolute Gasteiger partial charge is 0.203 e. The fraction of sp³-hybridized carbons (Fsp3) is 0.379. The first-order valence-electron chi connectivity index (χ1n) is 11.4. The summed E-state index contributed by atoms with van der Waals surface area (Å²) in [6.45, 7) is 13.0. The maximum absolute atomic E-state index is 15.1. The average Bonchev–Trinajstić information content (AvgIpc) is 2.77. The lowest BCUT2D eigenvalue weighted by atomic mass is 9.82. The third-order valence-corrected chi connectivity index (χ3v) is 6.87. The lowest BCUT2D eigenvalue weighted by molar-refractivity contribution is 0.506. The van der Waals surface area contributed by atoms with Gasteiger partial charge < -0.3 is 0 Å². The van der Waals surface area contributed by atoms with Crippen molar-refractivity contribution in [2.24, 2.45) is 5.92 Å². The Balaban J connectivity index is 1.97. The van der Waals surface area contributed by atoms with E-state index in [1.807, 2.05) is 42.5 Å². The molecule has 3 aromatic carbocycles. The predicted octanol–water partition coefficient (Wildman–Crippen LogP) is 8.88. The molecule has 0 bridgehead atoms. The van der Waals surface area contributed by atoms with E-state index < -0.39 is 11.6 Å². The van der Waals surface area contributed by atoms with Crippen LogP contribution in [-0.2, 0) is 11.8 Å². The van der Waals surface area contributed by atoms with Gasteiger partial charge in [0.1, 0.15) is 0 Å². The van der Waals surface area contributed by atoms with Crippen LogP contribution in [0.4, 0.5) is 8.78 Å². The zero-order valence-corrected chi connectivity index (χ0v) is 19.7. The molecule has 1 unspecified atom stereocenters. The highest BCUT2D eigenvalue weighted by Gasteiger charge is 2.20. The van der Waals surface area contributed by atoms with Crippen LogP contribution in [0.2, 0.25) is 0 Å². The molecule has 0 aliphatic rings. The van der Waals surface area contributed by atoms with Crippen LogP contribution >= 0.6 is 0 Å². The highest BCUT2D eigenvalue weighted by Crippen LogP contribution is 2.34. The van der Waals surface area contributed by atoms with Gasteiger partial charge in [0.25, 0.3) is 0 Å². The van der Waals surface area contributed by atoms with E-state index >= 15 is 8.78 Å². The van der Waals surface area contributed by atoms with Gasteiger partial charge in [-0.05, 0) is 58.9 Å². The monoisotopic (exact) mass is 420 g/mol. The zero-order chi connectivity index (χ0) is 22.8. The van der Waals surface area contributed by atoms with Crippen LogP contribution in [0.25, 0.3) is 22.3 Å². The summed E-state index contributed by atoms with van der Waals surface area (Å²) in [5, 5.41) is 0. The van der Waals surface area contributed by atoms with Crippen LogP contribution in [0.5, 0.6) is 0 Å². The minimum atomic E-state index is -0.788. The van der Waals surface area contributed by atoms with E-state index in [0.29, 0.717) is 22.6 Å². The Kier molecular flexibility index (Phi) is 6.99. The third kappa shape index (κ3) is 4.89. The Morgan fingerprint density at radius 1 is 0.806 bits per heavy atom. The molecule has 0 amide bonds. The summed E-state index contributed by atoms with van der Waals surface area (Å²) in [4.78, 5) is 0. The van der Waals surface area contributed by atoms with Crippen LogP contribution in [0.15, 0.2) is 54.6 Å². The maximum atomic E-state index is 15.1. The van der Waals surface area contributed by atoms with Crippen molar-refractivity contribution >= 4 is 0 Å². The molecule has 0 aromatic heterocycles. The molecule has 0 heterocycles. The maximum Gasteiger partial charge on any atom is 0.167 e. The van der Waals surface area contributed by atoms with Gasteiger partial charge in [-0.1, -0.05) is 95.6 Å². The van der Waals surface area contributed by atoms with Crippen LogP contribution in [0, 0.1) is 24.5 Å². The number of hydrogen-bond acceptors (Lipinski definition) is 0. The lowest BCUT2D eigenvalue weighted by Crippen LogP contribution is -2.14. The Morgan fingerprint density at radius 2 is 1.35 bits per heavy atom. The molecule has 3 aromatic rings. The predicted molar refractivity (Wildman–Crippen MR) is 128 cm³/mol. The first-order chi connectivity index (χ1) is 14.7. The van der Waals surface area contributed by atoms with Gasteiger partial charge >= 0.3 is 0 Å². The fourth-order valence-electron chi connectivity index (χ4n) is 3.88. The molecule has 0 aliphatic carbocycles. The second-order valence-corrected chi connectivity index (χ2v) is 9.46. The number of aryl methyl sites for hydroxylation is 1. The van der Waals surface area contributed by atoms with Crippen LogP contribution in [-0.4, -0.2) is 0 Å². The lowest BCUT2D eigenvalue weighted by Gasteiger charge is -2.23. The minimum Gasteiger partial charge on any atom is -0.203 e. The molecule has 2 heteroatoms. The first kappa shape index (κ1) is 23.2. The van der Waals surface area contributed by atoms with Gasteiger partial charge in [0.05, 0.1) is 0 Å². The Labute approximate surface area is 186 Å².